The zero-order chi connectivity index (χ0) is 20.7. The highest BCUT2D eigenvalue weighted by atomic mass is 32.1. The molecule has 1 aromatic heterocycles. The SMILES string of the molecule is CCN(Cc1ccc(C(=O)N(C)C)cc1)C(=O)CC(NC(C)=O)c1cccs1. The molecular weight excluding hydrogens is 374 g/mol. The smallest absolute Gasteiger partial charge is 0.253 e. The van der Waals surface area contributed by atoms with Crippen LogP contribution in [0, 0.1) is 0 Å². The number of thiophene rings is 1. The lowest BCUT2D eigenvalue weighted by molar-refractivity contribution is -0.132. The standard InChI is InChI=1S/C21H27N3O3S/c1-5-24(14-16-8-10-17(11-9-16)21(27)23(3)4)20(26)13-18(22-15(2)25)19-7-6-12-28-19/h6-12,18H,5,13-14H2,1-4H3,(H,22,25). The van der Waals surface area contributed by atoms with Crippen LogP contribution in [0.1, 0.15) is 47.1 Å². The fourth-order valence-corrected chi connectivity index (χ4v) is 3.65. The van der Waals surface area contributed by atoms with Gasteiger partial charge in [-0.15, -0.1) is 11.3 Å². The van der Waals surface area contributed by atoms with Crippen LogP contribution in [0.2, 0.25) is 0 Å². The van der Waals surface area contributed by atoms with Crippen LogP contribution in [0.5, 0.6) is 0 Å². The van der Waals surface area contributed by atoms with Gasteiger partial charge in [-0.3, -0.25) is 14.4 Å². The van der Waals surface area contributed by atoms with E-state index in [0.29, 0.717) is 18.7 Å². The molecule has 0 saturated carbocycles. The highest BCUT2D eigenvalue weighted by Gasteiger charge is 2.21. The first-order chi connectivity index (χ1) is 13.3. The van der Waals surface area contributed by atoms with E-state index < -0.39 is 0 Å². The summed E-state index contributed by atoms with van der Waals surface area (Å²) in [6.45, 7) is 4.41. The van der Waals surface area contributed by atoms with E-state index in [9.17, 15) is 14.4 Å². The number of hydrogen-bond donors (Lipinski definition) is 1. The molecule has 0 aliphatic heterocycles. The zero-order valence-corrected chi connectivity index (χ0v) is 17.6. The fraction of sp³-hybridized carbons (Fsp3) is 0.381. The molecule has 1 unspecified atom stereocenters. The molecule has 3 amide bonds. The third-order valence-corrected chi connectivity index (χ3v) is 5.34. The fourth-order valence-electron chi connectivity index (χ4n) is 2.87. The highest BCUT2D eigenvalue weighted by Crippen LogP contribution is 2.23. The first kappa shape index (κ1) is 21.6. The molecule has 2 aromatic rings. The van der Waals surface area contributed by atoms with Crippen LogP contribution in [0.25, 0.3) is 0 Å². The molecular formula is C21H27N3O3S. The van der Waals surface area contributed by atoms with E-state index in [1.807, 2.05) is 36.6 Å². The summed E-state index contributed by atoms with van der Waals surface area (Å²) >= 11 is 1.52. The van der Waals surface area contributed by atoms with E-state index in [4.69, 9.17) is 0 Å². The van der Waals surface area contributed by atoms with Crippen LogP contribution < -0.4 is 5.32 Å². The van der Waals surface area contributed by atoms with Crippen LogP contribution >= 0.6 is 11.3 Å². The van der Waals surface area contributed by atoms with Gasteiger partial charge in [0.1, 0.15) is 0 Å². The summed E-state index contributed by atoms with van der Waals surface area (Å²) in [5.41, 5.74) is 1.57. The second kappa shape index (κ2) is 10.0. The van der Waals surface area contributed by atoms with Crippen molar-refractivity contribution in [3.63, 3.8) is 0 Å². The normalized spacial score (nSPS) is 11.6. The Balaban J connectivity index is 2.06. The van der Waals surface area contributed by atoms with Gasteiger partial charge < -0.3 is 15.1 Å². The Morgan fingerprint density at radius 3 is 2.29 bits per heavy atom. The van der Waals surface area contributed by atoms with Gasteiger partial charge in [-0.25, -0.2) is 0 Å². The minimum atomic E-state index is -0.320. The molecule has 0 aliphatic carbocycles. The molecule has 1 heterocycles. The van der Waals surface area contributed by atoms with E-state index in [-0.39, 0.29) is 30.2 Å². The van der Waals surface area contributed by atoms with Crippen molar-refractivity contribution in [2.45, 2.75) is 32.9 Å². The monoisotopic (exact) mass is 401 g/mol. The van der Waals surface area contributed by atoms with Crippen molar-refractivity contribution in [3.05, 3.63) is 57.8 Å². The van der Waals surface area contributed by atoms with Crippen LogP contribution in [0.4, 0.5) is 0 Å². The Bertz CT molecular complexity index is 801. The molecule has 0 bridgehead atoms. The van der Waals surface area contributed by atoms with Gasteiger partial charge in [0.2, 0.25) is 11.8 Å². The predicted molar refractivity (Wildman–Crippen MR) is 111 cm³/mol. The number of nitrogens with one attached hydrogen (secondary N) is 1. The average molecular weight is 402 g/mol. The van der Waals surface area contributed by atoms with Crippen LogP contribution in [0.15, 0.2) is 41.8 Å². The number of benzene rings is 1. The van der Waals surface area contributed by atoms with Crippen molar-refractivity contribution < 1.29 is 14.4 Å². The largest absolute Gasteiger partial charge is 0.348 e. The predicted octanol–water partition coefficient (Wildman–Crippen LogP) is 3.07. The summed E-state index contributed by atoms with van der Waals surface area (Å²) in [5.74, 6) is -0.234. The van der Waals surface area contributed by atoms with Gasteiger partial charge in [0.15, 0.2) is 0 Å². The van der Waals surface area contributed by atoms with Gasteiger partial charge >= 0.3 is 0 Å². The maximum absolute atomic E-state index is 12.8. The minimum Gasteiger partial charge on any atom is -0.348 e. The van der Waals surface area contributed by atoms with Crippen LogP contribution in [0.3, 0.4) is 0 Å². The van der Waals surface area contributed by atoms with E-state index in [0.717, 1.165) is 10.4 Å². The molecule has 7 heteroatoms. The molecule has 0 spiro atoms. The lowest BCUT2D eigenvalue weighted by Gasteiger charge is -2.24. The molecule has 0 radical (unpaired) electrons. The van der Waals surface area contributed by atoms with Crippen molar-refractivity contribution in [2.75, 3.05) is 20.6 Å². The summed E-state index contributed by atoms with van der Waals surface area (Å²) in [5, 5.41) is 4.80. The van der Waals surface area contributed by atoms with Crippen LogP contribution in [-0.4, -0.2) is 48.2 Å². The van der Waals surface area contributed by atoms with Gasteiger partial charge in [0, 0.05) is 44.5 Å². The number of nitrogens with zero attached hydrogens (tertiary/aromatic N) is 2. The second-order valence-electron chi connectivity index (χ2n) is 6.78. The van der Waals surface area contributed by atoms with Crippen molar-refractivity contribution in [1.29, 1.82) is 0 Å². The molecule has 6 nitrogen and oxygen atoms in total. The zero-order valence-electron chi connectivity index (χ0n) is 16.8. The Morgan fingerprint density at radius 2 is 1.79 bits per heavy atom. The third-order valence-electron chi connectivity index (χ3n) is 4.36. The Morgan fingerprint density at radius 1 is 1.11 bits per heavy atom. The number of rotatable bonds is 8. The van der Waals surface area contributed by atoms with E-state index in [1.165, 1.54) is 23.2 Å². The topological polar surface area (TPSA) is 69.7 Å². The van der Waals surface area contributed by atoms with Gasteiger partial charge in [-0.2, -0.15) is 0 Å². The van der Waals surface area contributed by atoms with E-state index >= 15 is 0 Å². The first-order valence-electron chi connectivity index (χ1n) is 9.20. The minimum absolute atomic E-state index is 0.0249. The number of carbonyl (C=O) groups excluding carboxylic acids is 3. The van der Waals surface area contributed by atoms with Crippen molar-refractivity contribution in [3.8, 4) is 0 Å². The van der Waals surface area contributed by atoms with E-state index in [1.54, 1.807) is 31.1 Å². The van der Waals surface area contributed by atoms with Crippen LogP contribution in [-0.2, 0) is 16.1 Å². The first-order valence-corrected chi connectivity index (χ1v) is 10.1. The lowest BCUT2D eigenvalue weighted by Crippen LogP contribution is -2.35. The summed E-state index contributed by atoms with van der Waals surface area (Å²) in [4.78, 5) is 40.6. The third kappa shape index (κ3) is 5.92. The Kier molecular flexibility index (Phi) is 7.75. The number of carbonyl (C=O) groups is 3. The molecule has 0 saturated heterocycles. The summed E-state index contributed by atoms with van der Waals surface area (Å²) in [7, 11) is 3.43. The van der Waals surface area contributed by atoms with Gasteiger partial charge in [0.05, 0.1) is 12.5 Å². The van der Waals surface area contributed by atoms with Gasteiger partial charge in [-0.05, 0) is 36.1 Å². The quantitative estimate of drug-likeness (QED) is 0.739. The van der Waals surface area contributed by atoms with Crippen molar-refractivity contribution in [1.82, 2.24) is 15.1 Å². The van der Waals surface area contributed by atoms with Gasteiger partial charge in [0.25, 0.3) is 5.91 Å². The average Bonchev–Trinajstić information content (AvgIpc) is 3.19. The summed E-state index contributed by atoms with van der Waals surface area (Å²) < 4.78 is 0. The Labute approximate surface area is 170 Å². The maximum Gasteiger partial charge on any atom is 0.253 e. The van der Waals surface area contributed by atoms with E-state index in [2.05, 4.69) is 5.32 Å². The Hall–Kier alpha value is -2.67. The summed E-state index contributed by atoms with van der Waals surface area (Å²) in [6.07, 6.45) is 0.213. The van der Waals surface area contributed by atoms with Gasteiger partial charge in [-0.1, -0.05) is 18.2 Å². The highest BCUT2D eigenvalue weighted by molar-refractivity contribution is 7.10. The lowest BCUT2D eigenvalue weighted by atomic mass is 10.1. The molecule has 150 valence electrons. The molecule has 1 aromatic carbocycles. The summed E-state index contributed by atoms with van der Waals surface area (Å²) in [6, 6.07) is 10.8. The van der Waals surface area contributed by atoms with Crippen molar-refractivity contribution in [2.24, 2.45) is 0 Å². The van der Waals surface area contributed by atoms with Crippen molar-refractivity contribution >= 4 is 29.1 Å². The maximum atomic E-state index is 12.8. The number of hydrogen-bond acceptors (Lipinski definition) is 4. The molecule has 1 N–H and O–H groups in total. The second-order valence-corrected chi connectivity index (χ2v) is 7.76. The molecule has 0 aliphatic rings. The molecule has 28 heavy (non-hydrogen) atoms. The molecule has 2 rings (SSSR count). The molecule has 0 fully saturated rings. The number of amides is 3. The molecule has 1 atom stereocenters.